The molecule has 136 valence electrons. The van der Waals surface area contributed by atoms with E-state index in [2.05, 4.69) is 37.8 Å². The fraction of sp³-hybridized carbons (Fsp3) is 0.0909. The van der Waals surface area contributed by atoms with Crippen molar-refractivity contribution in [1.29, 1.82) is 0 Å². The van der Waals surface area contributed by atoms with Gasteiger partial charge in [-0.1, -0.05) is 18.2 Å². The summed E-state index contributed by atoms with van der Waals surface area (Å²) in [5.41, 5.74) is 5.75. The van der Waals surface area contributed by atoms with Crippen molar-refractivity contribution in [3.05, 3.63) is 79.1 Å². The molecule has 0 saturated carbocycles. The highest BCUT2D eigenvalue weighted by Crippen LogP contribution is 2.29. The van der Waals surface area contributed by atoms with Gasteiger partial charge in [0.2, 0.25) is 5.88 Å². The zero-order valence-corrected chi connectivity index (χ0v) is 15.3. The molecule has 6 heteroatoms. The summed E-state index contributed by atoms with van der Waals surface area (Å²) in [6.07, 6.45) is 8.79. The van der Waals surface area contributed by atoms with E-state index in [4.69, 9.17) is 9.72 Å². The number of aryl methyl sites for hydroxylation is 1. The molecule has 0 amide bonds. The Morgan fingerprint density at radius 1 is 1.04 bits per heavy atom. The van der Waals surface area contributed by atoms with Crippen LogP contribution in [0.3, 0.4) is 0 Å². The first-order valence-electron chi connectivity index (χ1n) is 8.96. The van der Waals surface area contributed by atoms with Crippen LogP contribution in [0.2, 0.25) is 0 Å². The Hall–Kier alpha value is -3.80. The van der Waals surface area contributed by atoms with E-state index >= 15 is 0 Å². The van der Waals surface area contributed by atoms with Crippen LogP contribution in [0.1, 0.15) is 5.56 Å². The van der Waals surface area contributed by atoms with E-state index in [1.54, 1.807) is 18.6 Å². The number of hydrogen-bond donors (Lipinski definition) is 0. The number of aromatic nitrogens is 5. The molecule has 0 aliphatic heterocycles. The van der Waals surface area contributed by atoms with E-state index in [9.17, 15) is 0 Å². The summed E-state index contributed by atoms with van der Waals surface area (Å²) >= 11 is 0. The molecule has 1 aromatic carbocycles. The number of ether oxygens (including phenoxy) is 1. The normalized spacial score (nSPS) is 11.2. The third-order valence-corrected chi connectivity index (χ3v) is 4.74. The maximum Gasteiger partial charge on any atom is 0.221 e. The molecule has 4 heterocycles. The largest absolute Gasteiger partial charge is 0.472 e. The van der Waals surface area contributed by atoms with Gasteiger partial charge in [-0.3, -0.25) is 0 Å². The predicted octanol–water partition coefficient (Wildman–Crippen LogP) is 4.16. The first-order chi connectivity index (χ1) is 13.8. The summed E-state index contributed by atoms with van der Waals surface area (Å²) in [6, 6.07) is 14.1. The van der Waals surface area contributed by atoms with Crippen LogP contribution < -0.4 is 4.74 Å². The fourth-order valence-electron chi connectivity index (χ4n) is 3.39. The second-order valence-electron chi connectivity index (χ2n) is 6.59. The lowest BCUT2D eigenvalue weighted by molar-refractivity contribution is 0.296. The molecule has 0 spiro atoms. The Kier molecular flexibility index (Phi) is 3.94. The van der Waals surface area contributed by atoms with Crippen LogP contribution in [-0.4, -0.2) is 24.5 Å². The molecule has 5 aromatic rings. The molecule has 0 N–H and O–H groups in total. The average molecular weight is 367 g/mol. The van der Waals surface area contributed by atoms with Crippen molar-refractivity contribution in [3.8, 4) is 17.0 Å². The minimum Gasteiger partial charge on any atom is -0.472 e. The van der Waals surface area contributed by atoms with Gasteiger partial charge in [0.1, 0.15) is 12.9 Å². The summed E-state index contributed by atoms with van der Waals surface area (Å²) in [5.74, 6) is 0.551. The van der Waals surface area contributed by atoms with Crippen LogP contribution >= 0.6 is 0 Å². The Bertz CT molecular complexity index is 1280. The lowest BCUT2D eigenvalue weighted by atomic mass is 10.1. The van der Waals surface area contributed by atoms with Crippen molar-refractivity contribution in [1.82, 2.24) is 24.5 Å². The molecule has 0 aliphatic carbocycles. The van der Waals surface area contributed by atoms with Gasteiger partial charge in [-0.05, 0) is 24.3 Å². The number of rotatable bonds is 4. The highest BCUT2D eigenvalue weighted by Gasteiger charge is 2.13. The van der Waals surface area contributed by atoms with E-state index in [0.717, 1.165) is 38.6 Å². The third-order valence-electron chi connectivity index (χ3n) is 4.74. The van der Waals surface area contributed by atoms with Gasteiger partial charge in [0.15, 0.2) is 0 Å². The number of para-hydroxylation sites is 1. The minimum atomic E-state index is 0.375. The average Bonchev–Trinajstić information content (AvgIpc) is 3.06. The van der Waals surface area contributed by atoms with E-state index < -0.39 is 0 Å². The SMILES string of the molecule is Cn1cc(COc2ncccc2-c2cncnc2)c2nc3ccccc3cc21. The van der Waals surface area contributed by atoms with E-state index in [0.29, 0.717) is 12.5 Å². The highest BCUT2D eigenvalue weighted by molar-refractivity contribution is 5.92. The quantitative estimate of drug-likeness (QED) is 0.477. The van der Waals surface area contributed by atoms with Crippen LogP contribution in [0.25, 0.3) is 33.1 Å². The van der Waals surface area contributed by atoms with E-state index in [1.165, 1.54) is 6.33 Å². The molecule has 0 saturated heterocycles. The van der Waals surface area contributed by atoms with Gasteiger partial charge in [-0.25, -0.2) is 19.9 Å². The van der Waals surface area contributed by atoms with Crippen molar-refractivity contribution < 1.29 is 4.74 Å². The zero-order valence-electron chi connectivity index (χ0n) is 15.3. The zero-order chi connectivity index (χ0) is 18.9. The lowest BCUT2D eigenvalue weighted by Crippen LogP contribution is -1.99. The summed E-state index contributed by atoms with van der Waals surface area (Å²) in [4.78, 5) is 17.4. The number of pyridine rings is 2. The van der Waals surface area contributed by atoms with Crippen molar-refractivity contribution in [2.75, 3.05) is 0 Å². The van der Waals surface area contributed by atoms with Gasteiger partial charge in [-0.15, -0.1) is 0 Å². The smallest absolute Gasteiger partial charge is 0.221 e. The maximum atomic E-state index is 6.09. The molecule has 28 heavy (non-hydrogen) atoms. The monoisotopic (exact) mass is 367 g/mol. The Labute approximate surface area is 161 Å². The number of nitrogens with zero attached hydrogens (tertiary/aromatic N) is 5. The molecular weight excluding hydrogens is 350 g/mol. The van der Waals surface area contributed by atoms with Crippen LogP contribution in [-0.2, 0) is 13.7 Å². The van der Waals surface area contributed by atoms with Crippen LogP contribution in [0, 0.1) is 0 Å². The highest BCUT2D eigenvalue weighted by atomic mass is 16.5. The molecule has 0 unspecified atom stereocenters. The number of fused-ring (bicyclic) bond motifs is 2. The Morgan fingerprint density at radius 2 is 1.89 bits per heavy atom. The Morgan fingerprint density at radius 3 is 2.79 bits per heavy atom. The Balaban J connectivity index is 1.51. The third kappa shape index (κ3) is 2.85. The topological polar surface area (TPSA) is 65.7 Å². The van der Waals surface area contributed by atoms with E-state index in [1.807, 2.05) is 37.4 Å². The summed E-state index contributed by atoms with van der Waals surface area (Å²) in [5, 5.41) is 1.12. The standard InChI is InChI=1S/C22H17N5O/c1-27-12-17(21-20(27)9-15-5-2-3-7-19(15)26-21)13-28-22-18(6-4-8-25-22)16-10-23-14-24-11-16/h2-12,14H,13H2,1H3. The molecule has 6 nitrogen and oxygen atoms in total. The molecule has 0 aliphatic rings. The predicted molar refractivity (Wildman–Crippen MR) is 108 cm³/mol. The fourth-order valence-corrected chi connectivity index (χ4v) is 3.39. The molecule has 0 radical (unpaired) electrons. The molecule has 0 fully saturated rings. The van der Waals surface area contributed by atoms with Crippen molar-refractivity contribution in [2.45, 2.75) is 6.61 Å². The first kappa shape index (κ1) is 16.4. The van der Waals surface area contributed by atoms with Gasteiger partial charge in [0, 0.05) is 53.9 Å². The summed E-state index contributed by atoms with van der Waals surface area (Å²) in [7, 11) is 2.02. The van der Waals surface area contributed by atoms with Crippen molar-refractivity contribution >= 4 is 21.9 Å². The van der Waals surface area contributed by atoms with Gasteiger partial charge in [0.25, 0.3) is 0 Å². The summed E-state index contributed by atoms with van der Waals surface area (Å²) < 4.78 is 8.17. The molecule has 0 bridgehead atoms. The van der Waals surface area contributed by atoms with Crippen LogP contribution in [0.4, 0.5) is 0 Å². The van der Waals surface area contributed by atoms with Crippen molar-refractivity contribution in [3.63, 3.8) is 0 Å². The second-order valence-corrected chi connectivity index (χ2v) is 6.59. The number of benzene rings is 1. The van der Waals surface area contributed by atoms with Gasteiger partial charge >= 0.3 is 0 Å². The lowest BCUT2D eigenvalue weighted by Gasteiger charge is -2.09. The first-order valence-corrected chi connectivity index (χ1v) is 8.96. The van der Waals surface area contributed by atoms with Crippen molar-refractivity contribution in [2.24, 2.45) is 7.05 Å². The van der Waals surface area contributed by atoms with Crippen LogP contribution in [0.5, 0.6) is 5.88 Å². The van der Waals surface area contributed by atoms with Gasteiger partial charge in [-0.2, -0.15) is 0 Å². The van der Waals surface area contributed by atoms with Gasteiger partial charge < -0.3 is 9.30 Å². The molecule has 4 aromatic heterocycles. The maximum absolute atomic E-state index is 6.09. The number of hydrogen-bond acceptors (Lipinski definition) is 5. The van der Waals surface area contributed by atoms with Gasteiger partial charge in [0.05, 0.1) is 16.6 Å². The molecule has 5 rings (SSSR count). The molecule has 0 atom stereocenters. The van der Waals surface area contributed by atoms with Crippen LogP contribution in [0.15, 0.2) is 73.6 Å². The summed E-state index contributed by atoms with van der Waals surface area (Å²) in [6.45, 7) is 0.375. The minimum absolute atomic E-state index is 0.375. The second kappa shape index (κ2) is 6.74. The van der Waals surface area contributed by atoms with E-state index in [-0.39, 0.29) is 0 Å². The molecular formula is C22H17N5O.